The van der Waals surface area contributed by atoms with Crippen molar-refractivity contribution in [3.63, 3.8) is 0 Å². The molecule has 4 nitrogen and oxygen atoms in total. The van der Waals surface area contributed by atoms with Gasteiger partial charge in [0.15, 0.2) is 0 Å². The van der Waals surface area contributed by atoms with Gasteiger partial charge in [-0.3, -0.25) is 4.98 Å². The van der Waals surface area contributed by atoms with Crippen molar-refractivity contribution in [3.05, 3.63) is 24.3 Å². The van der Waals surface area contributed by atoms with Crippen LogP contribution < -0.4 is 0 Å². The number of rotatable bonds is 5. The minimum absolute atomic E-state index is 0.373. The highest BCUT2D eigenvalue weighted by Crippen LogP contribution is 2.27. The van der Waals surface area contributed by atoms with E-state index in [1.165, 1.54) is 0 Å². The molecule has 0 spiro atoms. The molecule has 2 unspecified atom stereocenters. The van der Waals surface area contributed by atoms with Crippen LogP contribution in [0, 0.1) is 5.92 Å². The van der Waals surface area contributed by atoms with E-state index in [4.69, 9.17) is 16.3 Å². The highest BCUT2D eigenvalue weighted by molar-refractivity contribution is 6.17. The number of pyridine rings is 1. The average molecular weight is 294 g/mol. The van der Waals surface area contributed by atoms with E-state index in [2.05, 4.69) is 21.5 Å². The van der Waals surface area contributed by atoms with E-state index in [-0.39, 0.29) is 0 Å². The third kappa shape index (κ3) is 2.54. The maximum Gasteiger partial charge on any atom is 0.111 e. The fourth-order valence-electron chi connectivity index (χ4n) is 3.10. The van der Waals surface area contributed by atoms with E-state index in [0.717, 1.165) is 49.3 Å². The number of imidazole rings is 1. The molecule has 0 aliphatic carbocycles. The van der Waals surface area contributed by atoms with Gasteiger partial charge in [0, 0.05) is 37.6 Å². The van der Waals surface area contributed by atoms with Crippen molar-refractivity contribution in [2.75, 3.05) is 12.5 Å². The van der Waals surface area contributed by atoms with Gasteiger partial charge in [-0.2, -0.15) is 0 Å². The van der Waals surface area contributed by atoms with Crippen LogP contribution in [0.4, 0.5) is 0 Å². The van der Waals surface area contributed by atoms with Gasteiger partial charge in [-0.1, -0.05) is 6.92 Å². The molecule has 3 rings (SSSR count). The summed E-state index contributed by atoms with van der Waals surface area (Å²) in [6.07, 6.45) is 7.02. The second kappa shape index (κ2) is 6.10. The minimum Gasteiger partial charge on any atom is -0.378 e. The molecule has 1 fully saturated rings. The number of halogens is 1. The average Bonchev–Trinajstić information content (AvgIpc) is 3.05. The summed E-state index contributed by atoms with van der Waals surface area (Å²) in [7, 11) is 0. The second-order valence-corrected chi connectivity index (χ2v) is 5.69. The monoisotopic (exact) mass is 293 g/mol. The third-order valence-electron chi connectivity index (χ3n) is 4.11. The lowest BCUT2D eigenvalue weighted by Gasteiger charge is -2.19. The second-order valence-electron chi connectivity index (χ2n) is 5.31. The van der Waals surface area contributed by atoms with Crippen molar-refractivity contribution >= 4 is 22.6 Å². The first-order valence-corrected chi connectivity index (χ1v) is 7.83. The zero-order valence-electron chi connectivity index (χ0n) is 11.8. The normalized spacial score (nSPS) is 22.7. The van der Waals surface area contributed by atoms with E-state index >= 15 is 0 Å². The van der Waals surface area contributed by atoms with Gasteiger partial charge in [0.25, 0.3) is 0 Å². The molecule has 0 N–H and O–H groups in total. The molecule has 2 aromatic heterocycles. The number of aryl methyl sites for hydroxylation is 1. The van der Waals surface area contributed by atoms with Gasteiger partial charge >= 0.3 is 0 Å². The molecule has 0 amide bonds. The van der Waals surface area contributed by atoms with Crippen molar-refractivity contribution in [1.29, 1.82) is 0 Å². The highest BCUT2D eigenvalue weighted by Gasteiger charge is 2.28. The first-order valence-electron chi connectivity index (χ1n) is 7.30. The van der Waals surface area contributed by atoms with Crippen LogP contribution in [0.5, 0.6) is 0 Å². The number of hydrogen-bond donors (Lipinski definition) is 0. The first kappa shape index (κ1) is 13.8. The number of aromatic nitrogens is 3. The van der Waals surface area contributed by atoms with Gasteiger partial charge in [-0.05, 0) is 18.9 Å². The Morgan fingerprint density at radius 2 is 2.40 bits per heavy atom. The lowest BCUT2D eigenvalue weighted by molar-refractivity contribution is 0.0836. The Kier molecular flexibility index (Phi) is 4.22. The van der Waals surface area contributed by atoms with E-state index < -0.39 is 0 Å². The third-order valence-corrected chi connectivity index (χ3v) is 4.30. The van der Waals surface area contributed by atoms with E-state index in [0.29, 0.717) is 17.9 Å². The molecule has 0 bridgehead atoms. The standard InChI is InChI=1S/C15H20ClN3O/c1-2-14-11(5-8-20-14)10-19-13-4-7-17-9-12(13)18-15(19)3-6-16/h4,7,9,11,14H,2-3,5-6,8,10H2,1H3. The number of alkyl halides is 1. The van der Waals surface area contributed by atoms with Crippen LogP contribution in [0.2, 0.25) is 0 Å². The zero-order chi connectivity index (χ0) is 13.9. The number of fused-ring (bicyclic) bond motifs is 1. The van der Waals surface area contributed by atoms with E-state index in [1.54, 1.807) is 0 Å². The number of nitrogens with zero attached hydrogens (tertiary/aromatic N) is 3. The summed E-state index contributed by atoms with van der Waals surface area (Å²) < 4.78 is 8.11. The van der Waals surface area contributed by atoms with Gasteiger partial charge in [0.2, 0.25) is 0 Å². The summed E-state index contributed by atoms with van der Waals surface area (Å²) in [5.41, 5.74) is 2.11. The Hall–Kier alpha value is -1.13. The molecule has 0 saturated carbocycles. The molecular formula is C15H20ClN3O. The molecule has 108 valence electrons. The van der Waals surface area contributed by atoms with Crippen LogP contribution in [0.3, 0.4) is 0 Å². The van der Waals surface area contributed by atoms with Crippen molar-refractivity contribution in [1.82, 2.24) is 14.5 Å². The van der Waals surface area contributed by atoms with Gasteiger partial charge in [-0.25, -0.2) is 4.98 Å². The van der Waals surface area contributed by atoms with E-state index in [9.17, 15) is 0 Å². The zero-order valence-corrected chi connectivity index (χ0v) is 12.5. The summed E-state index contributed by atoms with van der Waals surface area (Å²) in [5.74, 6) is 2.22. The summed E-state index contributed by atoms with van der Waals surface area (Å²) in [6, 6.07) is 2.04. The SMILES string of the molecule is CCC1OCCC1Cn1c(CCCl)nc2cnccc21. The Morgan fingerprint density at radius 1 is 1.50 bits per heavy atom. The Labute approximate surface area is 124 Å². The molecular weight excluding hydrogens is 274 g/mol. The summed E-state index contributed by atoms with van der Waals surface area (Å²) in [4.78, 5) is 8.83. The minimum atomic E-state index is 0.373. The van der Waals surface area contributed by atoms with Crippen LogP contribution in [0.15, 0.2) is 18.5 Å². The molecule has 1 aliphatic heterocycles. The number of ether oxygens (including phenoxy) is 1. The number of hydrogen-bond acceptors (Lipinski definition) is 3. The predicted molar refractivity (Wildman–Crippen MR) is 80.1 cm³/mol. The molecule has 3 heterocycles. The largest absolute Gasteiger partial charge is 0.378 e. The topological polar surface area (TPSA) is 39.9 Å². The van der Waals surface area contributed by atoms with Gasteiger partial charge in [0.1, 0.15) is 11.3 Å². The van der Waals surface area contributed by atoms with Crippen LogP contribution in [0.1, 0.15) is 25.6 Å². The van der Waals surface area contributed by atoms with Gasteiger partial charge < -0.3 is 9.30 Å². The molecule has 1 aliphatic rings. The fraction of sp³-hybridized carbons (Fsp3) is 0.600. The van der Waals surface area contributed by atoms with Gasteiger partial charge in [0.05, 0.1) is 17.8 Å². The molecule has 1 saturated heterocycles. The molecule has 2 atom stereocenters. The van der Waals surface area contributed by atoms with Crippen molar-refractivity contribution in [3.8, 4) is 0 Å². The first-order chi connectivity index (χ1) is 9.83. The maximum absolute atomic E-state index is 5.91. The molecule has 0 radical (unpaired) electrons. The highest BCUT2D eigenvalue weighted by atomic mass is 35.5. The van der Waals surface area contributed by atoms with Crippen LogP contribution in [-0.2, 0) is 17.7 Å². The van der Waals surface area contributed by atoms with Crippen molar-refractivity contribution in [2.24, 2.45) is 5.92 Å². The van der Waals surface area contributed by atoms with Crippen molar-refractivity contribution < 1.29 is 4.74 Å². The Morgan fingerprint density at radius 3 is 3.20 bits per heavy atom. The maximum atomic E-state index is 5.91. The van der Waals surface area contributed by atoms with Crippen LogP contribution in [-0.4, -0.2) is 33.1 Å². The van der Waals surface area contributed by atoms with Crippen molar-refractivity contribution in [2.45, 2.75) is 38.8 Å². The van der Waals surface area contributed by atoms with Crippen LogP contribution >= 0.6 is 11.6 Å². The molecule has 5 heteroatoms. The summed E-state index contributed by atoms with van der Waals surface area (Å²) >= 11 is 5.91. The molecule has 20 heavy (non-hydrogen) atoms. The fourth-order valence-corrected chi connectivity index (χ4v) is 3.27. The Balaban J connectivity index is 1.94. The summed E-state index contributed by atoms with van der Waals surface area (Å²) in [6.45, 7) is 4.03. The lowest BCUT2D eigenvalue weighted by Crippen LogP contribution is -2.21. The predicted octanol–water partition coefficient (Wildman–Crippen LogP) is 3.03. The lowest BCUT2D eigenvalue weighted by atomic mass is 9.99. The molecule has 0 aromatic carbocycles. The van der Waals surface area contributed by atoms with Crippen LogP contribution in [0.25, 0.3) is 11.0 Å². The molecule has 2 aromatic rings. The summed E-state index contributed by atoms with van der Waals surface area (Å²) in [5, 5.41) is 0. The van der Waals surface area contributed by atoms with Gasteiger partial charge in [-0.15, -0.1) is 11.6 Å². The smallest absolute Gasteiger partial charge is 0.111 e. The Bertz CT molecular complexity index is 584. The quantitative estimate of drug-likeness (QED) is 0.796. The van der Waals surface area contributed by atoms with E-state index in [1.807, 2.05) is 18.5 Å².